The van der Waals surface area contributed by atoms with E-state index in [4.69, 9.17) is 4.74 Å². The number of nitrogens with zero attached hydrogens (tertiary/aromatic N) is 3. The molecule has 0 saturated heterocycles. The van der Waals surface area contributed by atoms with Crippen molar-refractivity contribution in [1.29, 1.82) is 0 Å². The second-order valence-electron chi connectivity index (χ2n) is 10.5. The SMILES string of the molecule is C[C@@H]1CN([C@@H](C)CO)C(=O)c2c(c3ccccc3n2C)-c2ccccc2CO[C@H]1CN(C)S(=O)(=O)c1cccs1. The van der Waals surface area contributed by atoms with Crippen molar-refractivity contribution in [2.45, 2.75) is 36.8 Å². The summed E-state index contributed by atoms with van der Waals surface area (Å²) in [5.41, 5.74) is 4.14. The van der Waals surface area contributed by atoms with Crippen LogP contribution in [-0.4, -0.2) is 72.1 Å². The number of hydrogen-bond donors (Lipinski definition) is 1. The Morgan fingerprint density at radius 2 is 1.85 bits per heavy atom. The number of amides is 1. The number of ether oxygens (including phenoxy) is 1. The number of hydrogen-bond acceptors (Lipinski definition) is 6. The first-order valence-corrected chi connectivity index (χ1v) is 15.7. The Morgan fingerprint density at radius 1 is 1.12 bits per heavy atom. The van der Waals surface area contributed by atoms with Gasteiger partial charge in [-0.2, -0.15) is 4.31 Å². The molecule has 1 aliphatic rings. The third-order valence-electron chi connectivity index (χ3n) is 7.82. The van der Waals surface area contributed by atoms with Crippen LogP contribution in [0.5, 0.6) is 0 Å². The summed E-state index contributed by atoms with van der Waals surface area (Å²) >= 11 is 1.18. The summed E-state index contributed by atoms with van der Waals surface area (Å²) in [5.74, 6) is -0.417. The number of fused-ring (bicyclic) bond motifs is 5. The molecule has 0 radical (unpaired) electrons. The number of aliphatic hydroxyl groups excluding tert-OH is 1. The summed E-state index contributed by atoms with van der Waals surface area (Å²) in [6.45, 7) is 4.25. The maximum Gasteiger partial charge on any atom is 0.271 e. The summed E-state index contributed by atoms with van der Waals surface area (Å²) in [5, 5.41) is 12.9. The van der Waals surface area contributed by atoms with E-state index in [9.17, 15) is 18.3 Å². The number of aryl methyl sites for hydroxylation is 1. The van der Waals surface area contributed by atoms with Gasteiger partial charge in [0.25, 0.3) is 15.9 Å². The Balaban J connectivity index is 1.63. The van der Waals surface area contributed by atoms with E-state index in [1.54, 1.807) is 29.5 Å². The van der Waals surface area contributed by atoms with Gasteiger partial charge in [0.15, 0.2) is 0 Å². The summed E-state index contributed by atoms with van der Waals surface area (Å²) < 4.78 is 36.5. The molecule has 0 bridgehead atoms. The highest BCUT2D eigenvalue weighted by Crippen LogP contribution is 2.38. The molecule has 3 atom stereocenters. The maximum atomic E-state index is 14.4. The zero-order valence-electron chi connectivity index (χ0n) is 23.1. The molecular formula is C30H35N3O5S2. The first-order chi connectivity index (χ1) is 19.1. The van der Waals surface area contributed by atoms with Crippen molar-refractivity contribution >= 4 is 38.2 Å². The number of sulfonamides is 1. The highest BCUT2D eigenvalue weighted by atomic mass is 32.2. The molecule has 0 aliphatic carbocycles. The van der Waals surface area contributed by atoms with Crippen LogP contribution >= 0.6 is 11.3 Å². The van der Waals surface area contributed by atoms with Gasteiger partial charge in [-0.1, -0.05) is 55.5 Å². The van der Waals surface area contributed by atoms with Gasteiger partial charge in [0.1, 0.15) is 9.90 Å². The predicted molar refractivity (Wildman–Crippen MR) is 158 cm³/mol. The van der Waals surface area contributed by atoms with Crippen molar-refractivity contribution < 1.29 is 23.1 Å². The van der Waals surface area contributed by atoms with Crippen LogP contribution in [0, 0.1) is 5.92 Å². The van der Waals surface area contributed by atoms with Crippen LogP contribution in [0.4, 0.5) is 0 Å². The van der Waals surface area contributed by atoms with Gasteiger partial charge in [-0.3, -0.25) is 4.79 Å². The van der Waals surface area contributed by atoms with E-state index < -0.39 is 22.2 Å². The monoisotopic (exact) mass is 581 g/mol. The third-order valence-corrected chi connectivity index (χ3v) is 11.0. The Bertz CT molecular complexity index is 1610. The highest BCUT2D eigenvalue weighted by Gasteiger charge is 2.35. The predicted octanol–water partition coefficient (Wildman–Crippen LogP) is 4.59. The first-order valence-electron chi connectivity index (χ1n) is 13.3. The van der Waals surface area contributed by atoms with E-state index in [0.717, 1.165) is 27.6 Å². The lowest BCUT2D eigenvalue weighted by Crippen LogP contribution is -2.48. The van der Waals surface area contributed by atoms with E-state index in [1.165, 1.54) is 15.6 Å². The Morgan fingerprint density at radius 3 is 2.58 bits per heavy atom. The van der Waals surface area contributed by atoms with E-state index in [2.05, 4.69) is 0 Å². The van der Waals surface area contributed by atoms with Crippen molar-refractivity contribution in [2.75, 3.05) is 26.7 Å². The lowest BCUT2D eigenvalue weighted by molar-refractivity contribution is -0.0147. The van der Waals surface area contributed by atoms with Crippen LogP contribution in [0.3, 0.4) is 0 Å². The highest BCUT2D eigenvalue weighted by molar-refractivity contribution is 7.91. The Hall–Kier alpha value is -3.02. The number of aromatic nitrogens is 1. The molecule has 0 saturated carbocycles. The number of likely N-dealkylation sites (N-methyl/N-ethyl adjacent to an activating group) is 1. The number of aliphatic hydroxyl groups is 1. The normalized spacial score (nSPS) is 19.4. The minimum Gasteiger partial charge on any atom is -0.394 e. The second-order valence-corrected chi connectivity index (χ2v) is 13.7. The van der Waals surface area contributed by atoms with Gasteiger partial charge in [0.05, 0.1) is 25.4 Å². The van der Waals surface area contributed by atoms with Crippen LogP contribution in [0.15, 0.2) is 70.3 Å². The molecule has 40 heavy (non-hydrogen) atoms. The average Bonchev–Trinajstić information content (AvgIpc) is 3.60. The molecule has 8 nitrogen and oxygen atoms in total. The fourth-order valence-electron chi connectivity index (χ4n) is 5.44. The van der Waals surface area contributed by atoms with Crippen molar-refractivity contribution in [3.63, 3.8) is 0 Å². The molecular weight excluding hydrogens is 546 g/mol. The van der Waals surface area contributed by atoms with E-state index in [0.29, 0.717) is 5.69 Å². The zero-order chi connectivity index (χ0) is 28.6. The minimum atomic E-state index is -3.69. The smallest absolute Gasteiger partial charge is 0.271 e. The van der Waals surface area contributed by atoms with Crippen LogP contribution in [-0.2, 0) is 28.4 Å². The van der Waals surface area contributed by atoms with Crippen molar-refractivity contribution in [3.05, 3.63) is 77.3 Å². The molecule has 1 amide bonds. The zero-order valence-corrected chi connectivity index (χ0v) is 24.8. The molecule has 3 heterocycles. The number of carbonyl (C=O) groups is 1. The third kappa shape index (κ3) is 5.10. The molecule has 10 heteroatoms. The van der Waals surface area contributed by atoms with Crippen molar-refractivity contribution in [2.24, 2.45) is 13.0 Å². The summed E-state index contributed by atoms with van der Waals surface area (Å²) in [6.07, 6.45) is -0.507. The lowest BCUT2D eigenvalue weighted by Gasteiger charge is -2.34. The van der Waals surface area contributed by atoms with Crippen molar-refractivity contribution in [1.82, 2.24) is 13.8 Å². The van der Waals surface area contributed by atoms with Gasteiger partial charge >= 0.3 is 0 Å². The van der Waals surface area contributed by atoms with Gasteiger partial charge in [-0.05, 0) is 35.6 Å². The summed E-state index contributed by atoms with van der Waals surface area (Å²) in [6, 6.07) is 18.7. The van der Waals surface area contributed by atoms with E-state index >= 15 is 0 Å². The molecule has 2 aromatic heterocycles. The standard InChI is InChI=1S/C30H35N3O5S2/c1-20-16-33(21(2)18-34)30(35)29-28(24-12-7-8-13-25(24)32(29)4)23-11-6-5-10-22(23)19-38-26(20)17-31(3)40(36,37)27-14-9-15-39-27/h5-15,20-21,26,34H,16-19H2,1-4H3/t20-,21+,26+/m1/s1. The van der Waals surface area contributed by atoms with Crippen LogP contribution in [0.25, 0.3) is 22.0 Å². The van der Waals surface area contributed by atoms with Crippen LogP contribution < -0.4 is 0 Å². The number of carbonyl (C=O) groups excluding carboxylic acids is 1. The molecule has 0 unspecified atom stereocenters. The van der Waals surface area contributed by atoms with Crippen LogP contribution in [0.1, 0.15) is 29.9 Å². The summed E-state index contributed by atoms with van der Waals surface area (Å²) in [4.78, 5) is 16.1. The molecule has 0 fully saturated rings. The second kappa shape index (κ2) is 11.5. The Kier molecular flexibility index (Phi) is 8.17. The van der Waals surface area contributed by atoms with Gasteiger partial charge in [-0.15, -0.1) is 11.3 Å². The minimum absolute atomic E-state index is 0.120. The lowest BCUT2D eigenvalue weighted by atomic mass is 9.96. The quantitative estimate of drug-likeness (QED) is 0.360. The number of thiophene rings is 1. The van der Waals surface area contributed by atoms with E-state index in [-0.39, 0.29) is 42.3 Å². The van der Waals surface area contributed by atoms with Gasteiger partial charge < -0.3 is 19.3 Å². The Labute approximate surface area is 239 Å². The fourth-order valence-corrected chi connectivity index (χ4v) is 7.82. The molecule has 5 rings (SSSR count). The van der Waals surface area contributed by atoms with Crippen LogP contribution in [0.2, 0.25) is 0 Å². The van der Waals surface area contributed by atoms with Crippen molar-refractivity contribution in [3.8, 4) is 11.1 Å². The summed E-state index contributed by atoms with van der Waals surface area (Å²) in [7, 11) is -0.226. The number of rotatable bonds is 6. The molecule has 212 valence electrons. The molecule has 4 aromatic rings. The fraction of sp³-hybridized carbons (Fsp3) is 0.367. The largest absolute Gasteiger partial charge is 0.394 e. The van der Waals surface area contributed by atoms with Gasteiger partial charge in [0.2, 0.25) is 0 Å². The average molecular weight is 582 g/mol. The number of benzene rings is 2. The maximum absolute atomic E-state index is 14.4. The molecule has 0 spiro atoms. The van der Waals surface area contributed by atoms with Gasteiger partial charge in [-0.25, -0.2) is 8.42 Å². The number of para-hydroxylation sites is 1. The molecule has 2 aromatic carbocycles. The van der Waals surface area contributed by atoms with Gasteiger partial charge in [0, 0.05) is 49.6 Å². The molecule has 1 aliphatic heterocycles. The van der Waals surface area contributed by atoms with E-state index in [1.807, 2.05) is 74.0 Å². The molecule has 1 N–H and O–H groups in total. The first kappa shape index (κ1) is 28.5. The topological polar surface area (TPSA) is 92.1 Å².